The molecule has 3 aromatic carbocycles. The van der Waals surface area contributed by atoms with Gasteiger partial charge in [-0.2, -0.15) is 0 Å². The fourth-order valence-electron chi connectivity index (χ4n) is 3.81. The Morgan fingerprint density at radius 1 is 0.944 bits per heavy atom. The third-order valence-corrected chi connectivity index (χ3v) is 6.70. The number of hydrogen-bond acceptors (Lipinski definition) is 6. The summed E-state index contributed by atoms with van der Waals surface area (Å²) in [5, 5.41) is 5.27. The number of amides is 1. The summed E-state index contributed by atoms with van der Waals surface area (Å²) in [6, 6.07) is 23.3. The number of nitrogens with one attached hydrogen (secondary N) is 1. The average Bonchev–Trinajstić information content (AvgIpc) is 3.35. The molecule has 1 amide bonds. The highest BCUT2D eigenvalue weighted by atomic mass is 32.1. The summed E-state index contributed by atoms with van der Waals surface area (Å²) in [6.45, 7) is 1.68. The van der Waals surface area contributed by atoms with Crippen LogP contribution in [0, 0.1) is 0 Å². The highest BCUT2D eigenvalue weighted by Crippen LogP contribution is 2.32. The van der Waals surface area contributed by atoms with Gasteiger partial charge in [-0.05, 0) is 61.0 Å². The number of ether oxygens (including phenoxy) is 2. The number of aromatic nitrogens is 2. The minimum atomic E-state index is -0.765. The predicted molar refractivity (Wildman–Crippen MR) is 142 cm³/mol. The van der Waals surface area contributed by atoms with E-state index in [2.05, 4.69) is 10.3 Å². The maximum atomic E-state index is 13.4. The van der Waals surface area contributed by atoms with E-state index in [0.717, 1.165) is 22.6 Å². The van der Waals surface area contributed by atoms with Crippen molar-refractivity contribution in [1.29, 1.82) is 0 Å². The molecule has 2 aromatic heterocycles. The SMILES string of the molecule is COc1ccc(-c2csc3ncn(C(C)C(=O)Nc4ccc(Oc5ccccc5)cc4)c(=O)c23)cc1. The summed E-state index contributed by atoms with van der Waals surface area (Å²) < 4.78 is 12.4. The Bertz CT molecular complexity index is 1560. The molecule has 0 bridgehead atoms. The van der Waals surface area contributed by atoms with E-state index in [1.807, 2.05) is 60.0 Å². The lowest BCUT2D eigenvalue weighted by atomic mass is 10.1. The molecule has 0 fully saturated rings. The fraction of sp³-hybridized carbons (Fsp3) is 0.107. The Kier molecular flexibility index (Phi) is 6.51. The number of fused-ring (bicyclic) bond motifs is 1. The lowest BCUT2D eigenvalue weighted by Crippen LogP contribution is -2.31. The Morgan fingerprint density at radius 2 is 1.61 bits per heavy atom. The first-order valence-corrected chi connectivity index (χ1v) is 12.2. The first-order chi connectivity index (χ1) is 17.5. The molecular formula is C28H23N3O4S. The molecule has 180 valence electrons. The first-order valence-electron chi connectivity index (χ1n) is 11.3. The monoisotopic (exact) mass is 497 g/mol. The molecule has 0 aliphatic carbocycles. The normalized spacial score (nSPS) is 11.7. The zero-order valence-electron chi connectivity index (χ0n) is 19.7. The van der Waals surface area contributed by atoms with Crippen LogP contribution in [0.15, 0.2) is 95.4 Å². The highest BCUT2D eigenvalue weighted by molar-refractivity contribution is 7.17. The van der Waals surface area contributed by atoms with Crippen molar-refractivity contribution in [2.24, 2.45) is 0 Å². The quantitative estimate of drug-likeness (QED) is 0.293. The molecule has 8 heteroatoms. The molecule has 5 aromatic rings. The van der Waals surface area contributed by atoms with Gasteiger partial charge in [0, 0.05) is 16.6 Å². The Hall–Kier alpha value is -4.43. The molecule has 1 atom stereocenters. The van der Waals surface area contributed by atoms with E-state index in [-0.39, 0.29) is 11.5 Å². The van der Waals surface area contributed by atoms with Gasteiger partial charge in [-0.3, -0.25) is 14.2 Å². The van der Waals surface area contributed by atoms with E-state index in [1.165, 1.54) is 22.2 Å². The lowest BCUT2D eigenvalue weighted by molar-refractivity contribution is -0.118. The van der Waals surface area contributed by atoms with Crippen LogP contribution in [-0.2, 0) is 4.79 Å². The van der Waals surface area contributed by atoms with Gasteiger partial charge in [-0.15, -0.1) is 11.3 Å². The molecule has 7 nitrogen and oxygen atoms in total. The van der Waals surface area contributed by atoms with Gasteiger partial charge >= 0.3 is 0 Å². The molecule has 1 unspecified atom stereocenters. The maximum Gasteiger partial charge on any atom is 0.263 e. The number of benzene rings is 3. The van der Waals surface area contributed by atoms with Crippen molar-refractivity contribution in [1.82, 2.24) is 9.55 Å². The van der Waals surface area contributed by atoms with Crippen LogP contribution < -0.4 is 20.3 Å². The van der Waals surface area contributed by atoms with E-state index in [0.29, 0.717) is 21.7 Å². The summed E-state index contributed by atoms with van der Waals surface area (Å²) in [6.07, 6.45) is 1.43. The smallest absolute Gasteiger partial charge is 0.263 e. The molecule has 0 radical (unpaired) electrons. The van der Waals surface area contributed by atoms with Crippen LogP contribution in [0.5, 0.6) is 17.2 Å². The molecular weight excluding hydrogens is 474 g/mol. The number of para-hydroxylation sites is 1. The molecule has 0 spiro atoms. The van der Waals surface area contributed by atoms with Crippen LogP contribution >= 0.6 is 11.3 Å². The number of rotatable bonds is 7. The Balaban J connectivity index is 1.35. The van der Waals surface area contributed by atoms with E-state index < -0.39 is 6.04 Å². The number of carbonyl (C=O) groups excluding carboxylic acids is 1. The molecule has 36 heavy (non-hydrogen) atoms. The van der Waals surface area contributed by atoms with Crippen LogP contribution in [-0.4, -0.2) is 22.6 Å². The van der Waals surface area contributed by atoms with Gasteiger partial charge in [0.15, 0.2) is 0 Å². The van der Waals surface area contributed by atoms with Crippen LogP contribution in [0.2, 0.25) is 0 Å². The van der Waals surface area contributed by atoms with Crippen LogP contribution in [0.1, 0.15) is 13.0 Å². The minimum absolute atomic E-state index is 0.263. The largest absolute Gasteiger partial charge is 0.497 e. The number of hydrogen-bond donors (Lipinski definition) is 1. The third kappa shape index (κ3) is 4.71. The second kappa shape index (κ2) is 10.1. The number of carbonyl (C=O) groups is 1. The first kappa shape index (κ1) is 23.3. The zero-order chi connectivity index (χ0) is 25.1. The number of methoxy groups -OCH3 is 1. The fourth-order valence-corrected chi connectivity index (χ4v) is 4.71. The van der Waals surface area contributed by atoms with Gasteiger partial charge in [-0.25, -0.2) is 4.98 Å². The van der Waals surface area contributed by atoms with Gasteiger partial charge in [0.2, 0.25) is 5.91 Å². The summed E-state index contributed by atoms with van der Waals surface area (Å²) in [5.74, 6) is 1.80. The third-order valence-electron chi connectivity index (χ3n) is 5.82. The van der Waals surface area contributed by atoms with E-state index >= 15 is 0 Å². The van der Waals surface area contributed by atoms with Crippen LogP contribution in [0.4, 0.5) is 5.69 Å². The van der Waals surface area contributed by atoms with Gasteiger partial charge in [0.05, 0.1) is 18.8 Å². The van der Waals surface area contributed by atoms with Crippen molar-refractivity contribution in [2.75, 3.05) is 12.4 Å². The van der Waals surface area contributed by atoms with Crippen molar-refractivity contribution in [3.8, 4) is 28.4 Å². The molecule has 0 aliphatic rings. The van der Waals surface area contributed by atoms with E-state index in [9.17, 15) is 9.59 Å². The van der Waals surface area contributed by atoms with Crippen molar-refractivity contribution in [3.63, 3.8) is 0 Å². The summed E-state index contributed by atoms with van der Waals surface area (Å²) >= 11 is 1.40. The minimum Gasteiger partial charge on any atom is -0.497 e. The molecule has 5 rings (SSSR count). The number of anilines is 1. The standard InChI is InChI=1S/C28H23N3O4S/c1-18(26(32)30-20-10-14-23(15-11-20)35-22-6-4-3-5-7-22)31-17-29-27-25(28(31)33)24(16-36-27)19-8-12-21(34-2)13-9-19/h3-18H,1-2H3,(H,30,32). The van der Waals surface area contributed by atoms with Gasteiger partial charge in [0.1, 0.15) is 28.1 Å². The van der Waals surface area contributed by atoms with Gasteiger partial charge in [0.25, 0.3) is 5.56 Å². The lowest BCUT2D eigenvalue weighted by Gasteiger charge is -2.15. The molecule has 0 saturated carbocycles. The van der Waals surface area contributed by atoms with Crippen molar-refractivity contribution in [2.45, 2.75) is 13.0 Å². The van der Waals surface area contributed by atoms with Crippen LogP contribution in [0.25, 0.3) is 21.3 Å². The number of thiophene rings is 1. The predicted octanol–water partition coefficient (Wildman–Crippen LogP) is 6.13. The zero-order valence-corrected chi connectivity index (χ0v) is 20.5. The Labute approximate surface area is 211 Å². The second-order valence-electron chi connectivity index (χ2n) is 8.12. The summed E-state index contributed by atoms with van der Waals surface area (Å²) in [7, 11) is 1.61. The van der Waals surface area contributed by atoms with Gasteiger partial charge in [-0.1, -0.05) is 30.3 Å². The Morgan fingerprint density at radius 3 is 2.31 bits per heavy atom. The van der Waals surface area contributed by atoms with Crippen LogP contribution in [0.3, 0.4) is 0 Å². The maximum absolute atomic E-state index is 13.4. The van der Waals surface area contributed by atoms with E-state index in [4.69, 9.17) is 9.47 Å². The molecule has 1 N–H and O–H groups in total. The topological polar surface area (TPSA) is 82.5 Å². The molecule has 2 heterocycles. The molecule has 0 aliphatic heterocycles. The molecule has 0 saturated heterocycles. The summed E-state index contributed by atoms with van der Waals surface area (Å²) in [4.78, 5) is 31.5. The summed E-state index contributed by atoms with van der Waals surface area (Å²) in [5.41, 5.74) is 2.00. The number of nitrogens with zero attached hydrogens (tertiary/aromatic N) is 2. The van der Waals surface area contributed by atoms with Gasteiger partial charge < -0.3 is 14.8 Å². The van der Waals surface area contributed by atoms with E-state index in [1.54, 1.807) is 38.3 Å². The van der Waals surface area contributed by atoms with Crippen molar-refractivity contribution < 1.29 is 14.3 Å². The van der Waals surface area contributed by atoms with Crippen molar-refractivity contribution >= 4 is 33.1 Å². The second-order valence-corrected chi connectivity index (χ2v) is 8.98. The highest BCUT2D eigenvalue weighted by Gasteiger charge is 2.20. The average molecular weight is 498 g/mol. The van der Waals surface area contributed by atoms with Crippen molar-refractivity contribution in [3.05, 3.63) is 101 Å².